The molecule has 98 valence electrons. The van der Waals surface area contributed by atoms with E-state index in [-0.39, 0.29) is 11.9 Å². The summed E-state index contributed by atoms with van der Waals surface area (Å²) >= 11 is 11.7. The van der Waals surface area contributed by atoms with Crippen LogP contribution < -0.4 is 5.32 Å². The van der Waals surface area contributed by atoms with Crippen LogP contribution in [0.25, 0.3) is 0 Å². The molecule has 0 fully saturated rings. The Balaban J connectivity index is 1.86. The molecule has 1 N–H and O–H groups in total. The molecule has 0 saturated heterocycles. The number of nitrogens with one attached hydrogen (secondary N) is 1. The van der Waals surface area contributed by atoms with Crippen molar-refractivity contribution in [1.82, 2.24) is 0 Å². The molecule has 0 aliphatic heterocycles. The van der Waals surface area contributed by atoms with Crippen molar-refractivity contribution in [3.8, 4) is 0 Å². The lowest BCUT2D eigenvalue weighted by atomic mass is 10.1. The maximum atomic E-state index is 13.8. The van der Waals surface area contributed by atoms with Crippen LogP contribution in [0, 0.1) is 5.82 Å². The summed E-state index contributed by atoms with van der Waals surface area (Å²) in [5.74, 6) is -0.324. The lowest BCUT2D eigenvalue weighted by molar-refractivity contribution is 0.625. The summed E-state index contributed by atoms with van der Waals surface area (Å²) in [5.41, 5.74) is 2.91. The fourth-order valence-corrected chi connectivity index (χ4v) is 2.88. The van der Waals surface area contributed by atoms with Gasteiger partial charge < -0.3 is 5.32 Å². The summed E-state index contributed by atoms with van der Waals surface area (Å²) < 4.78 is 13.8. The molecule has 0 heterocycles. The Labute approximate surface area is 121 Å². The molecule has 0 aromatic heterocycles. The minimum Gasteiger partial charge on any atom is -0.376 e. The number of anilines is 1. The summed E-state index contributed by atoms with van der Waals surface area (Å²) in [5, 5.41) is 4.39. The van der Waals surface area contributed by atoms with Crippen LogP contribution in [0.2, 0.25) is 10.0 Å². The molecule has 0 radical (unpaired) electrons. The molecule has 1 aliphatic rings. The van der Waals surface area contributed by atoms with Crippen molar-refractivity contribution in [3.63, 3.8) is 0 Å². The van der Waals surface area contributed by atoms with E-state index in [9.17, 15) is 4.39 Å². The highest BCUT2D eigenvalue weighted by atomic mass is 35.5. The zero-order valence-electron chi connectivity index (χ0n) is 10.1. The van der Waals surface area contributed by atoms with Gasteiger partial charge in [0.25, 0.3) is 0 Å². The van der Waals surface area contributed by atoms with Gasteiger partial charge in [0, 0.05) is 10.0 Å². The normalized spacial score (nSPS) is 17.3. The summed E-state index contributed by atoms with van der Waals surface area (Å²) in [6.45, 7) is 0. The molecule has 2 aromatic carbocycles. The van der Waals surface area contributed by atoms with Gasteiger partial charge in [-0.05, 0) is 54.3 Å². The second-order valence-corrected chi connectivity index (χ2v) is 5.58. The standard InChI is InChI=1S/C15H12Cl2FN/c16-10-2-4-12-9(7-10)1-5-14(12)19-15-6-3-11(17)8-13(15)18/h2-4,6-8,14,19H,1,5H2. The van der Waals surface area contributed by atoms with Gasteiger partial charge in [-0.2, -0.15) is 0 Å². The highest BCUT2D eigenvalue weighted by molar-refractivity contribution is 6.31. The molecule has 0 amide bonds. The topological polar surface area (TPSA) is 12.0 Å². The molecule has 0 bridgehead atoms. The molecular weight excluding hydrogens is 284 g/mol. The van der Waals surface area contributed by atoms with E-state index in [0.717, 1.165) is 17.9 Å². The van der Waals surface area contributed by atoms with Crippen LogP contribution in [0.5, 0.6) is 0 Å². The highest BCUT2D eigenvalue weighted by Gasteiger charge is 2.23. The molecular formula is C15H12Cl2FN. The Morgan fingerprint density at radius 3 is 2.58 bits per heavy atom. The minimum atomic E-state index is -0.324. The molecule has 19 heavy (non-hydrogen) atoms. The van der Waals surface area contributed by atoms with Gasteiger partial charge in [0.05, 0.1) is 11.7 Å². The smallest absolute Gasteiger partial charge is 0.147 e. The number of rotatable bonds is 2. The zero-order valence-corrected chi connectivity index (χ0v) is 11.6. The van der Waals surface area contributed by atoms with Crippen LogP contribution in [0.4, 0.5) is 10.1 Å². The maximum absolute atomic E-state index is 13.8. The predicted molar refractivity (Wildman–Crippen MR) is 77.5 cm³/mol. The van der Waals surface area contributed by atoms with Crippen LogP contribution in [0.3, 0.4) is 0 Å². The van der Waals surface area contributed by atoms with Gasteiger partial charge in [0.2, 0.25) is 0 Å². The van der Waals surface area contributed by atoms with Gasteiger partial charge in [-0.1, -0.05) is 29.3 Å². The van der Waals surface area contributed by atoms with E-state index < -0.39 is 0 Å². The highest BCUT2D eigenvalue weighted by Crippen LogP contribution is 2.36. The molecule has 1 aliphatic carbocycles. The fourth-order valence-electron chi connectivity index (χ4n) is 2.53. The number of benzene rings is 2. The van der Waals surface area contributed by atoms with E-state index in [1.54, 1.807) is 12.1 Å². The van der Waals surface area contributed by atoms with Crippen molar-refractivity contribution in [1.29, 1.82) is 0 Å². The SMILES string of the molecule is Fc1cc(Cl)ccc1NC1CCc2cc(Cl)ccc21. The Morgan fingerprint density at radius 1 is 1.05 bits per heavy atom. The third-order valence-corrected chi connectivity index (χ3v) is 3.91. The average Bonchev–Trinajstić information content (AvgIpc) is 2.75. The quantitative estimate of drug-likeness (QED) is 0.800. The van der Waals surface area contributed by atoms with Crippen LogP contribution in [-0.2, 0) is 6.42 Å². The first-order valence-electron chi connectivity index (χ1n) is 6.13. The zero-order chi connectivity index (χ0) is 13.4. The Bertz CT molecular complexity index is 628. The van der Waals surface area contributed by atoms with Crippen LogP contribution in [0.1, 0.15) is 23.6 Å². The first-order chi connectivity index (χ1) is 9.13. The van der Waals surface area contributed by atoms with E-state index >= 15 is 0 Å². The molecule has 4 heteroatoms. The van der Waals surface area contributed by atoms with Crippen molar-refractivity contribution in [3.05, 3.63) is 63.4 Å². The second-order valence-electron chi connectivity index (χ2n) is 4.70. The molecule has 0 spiro atoms. The molecule has 1 nitrogen and oxygen atoms in total. The molecule has 1 unspecified atom stereocenters. The monoisotopic (exact) mass is 295 g/mol. The number of hydrogen-bond acceptors (Lipinski definition) is 1. The third kappa shape index (κ3) is 2.56. The third-order valence-electron chi connectivity index (χ3n) is 3.44. The van der Waals surface area contributed by atoms with E-state index in [0.29, 0.717) is 10.7 Å². The van der Waals surface area contributed by atoms with E-state index in [1.165, 1.54) is 17.2 Å². The largest absolute Gasteiger partial charge is 0.376 e. The molecule has 1 atom stereocenters. The van der Waals surface area contributed by atoms with Gasteiger partial charge in [-0.3, -0.25) is 0 Å². The van der Waals surface area contributed by atoms with Crippen molar-refractivity contribution >= 4 is 28.9 Å². The Kier molecular flexibility index (Phi) is 3.38. The van der Waals surface area contributed by atoms with Crippen molar-refractivity contribution in [2.24, 2.45) is 0 Å². The van der Waals surface area contributed by atoms with Gasteiger partial charge in [0.15, 0.2) is 0 Å². The Hall–Kier alpha value is -1.25. The number of hydrogen-bond donors (Lipinski definition) is 1. The first kappa shape index (κ1) is 12.8. The predicted octanol–water partition coefficient (Wildman–Crippen LogP) is 5.23. The second kappa shape index (κ2) is 5.03. The average molecular weight is 296 g/mol. The first-order valence-corrected chi connectivity index (χ1v) is 6.89. The number of aryl methyl sites for hydroxylation is 1. The maximum Gasteiger partial charge on any atom is 0.147 e. The van der Waals surface area contributed by atoms with Crippen molar-refractivity contribution in [2.45, 2.75) is 18.9 Å². The molecule has 0 saturated carbocycles. The molecule has 3 rings (SSSR count). The van der Waals surface area contributed by atoms with Gasteiger partial charge in [-0.15, -0.1) is 0 Å². The number of fused-ring (bicyclic) bond motifs is 1. The van der Waals surface area contributed by atoms with E-state index in [1.807, 2.05) is 18.2 Å². The summed E-state index contributed by atoms with van der Waals surface area (Å²) in [7, 11) is 0. The van der Waals surface area contributed by atoms with Crippen molar-refractivity contribution in [2.75, 3.05) is 5.32 Å². The summed E-state index contributed by atoms with van der Waals surface area (Å²) in [4.78, 5) is 0. The van der Waals surface area contributed by atoms with Crippen LogP contribution >= 0.6 is 23.2 Å². The van der Waals surface area contributed by atoms with Gasteiger partial charge >= 0.3 is 0 Å². The van der Waals surface area contributed by atoms with Gasteiger partial charge in [0.1, 0.15) is 5.82 Å². The number of halogens is 3. The van der Waals surface area contributed by atoms with Gasteiger partial charge in [-0.25, -0.2) is 4.39 Å². The Morgan fingerprint density at radius 2 is 1.79 bits per heavy atom. The van der Waals surface area contributed by atoms with Crippen molar-refractivity contribution < 1.29 is 4.39 Å². The van der Waals surface area contributed by atoms with E-state index in [4.69, 9.17) is 23.2 Å². The summed E-state index contributed by atoms with van der Waals surface area (Å²) in [6.07, 6.45) is 1.90. The fraction of sp³-hybridized carbons (Fsp3) is 0.200. The lowest BCUT2D eigenvalue weighted by Gasteiger charge is -2.16. The summed E-state index contributed by atoms with van der Waals surface area (Å²) in [6, 6.07) is 10.7. The van der Waals surface area contributed by atoms with Crippen LogP contribution in [0.15, 0.2) is 36.4 Å². The van der Waals surface area contributed by atoms with E-state index in [2.05, 4.69) is 5.32 Å². The minimum absolute atomic E-state index is 0.128. The molecule has 2 aromatic rings. The van der Waals surface area contributed by atoms with Crippen LogP contribution in [-0.4, -0.2) is 0 Å². The lowest BCUT2D eigenvalue weighted by Crippen LogP contribution is -2.08.